The van der Waals surface area contributed by atoms with Crippen molar-refractivity contribution in [2.24, 2.45) is 0 Å². The number of anilines is 3. The van der Waals surface area contributed by atoms with Crippen molar-refractivity contribution < 1.29 is 31.5 Å². The maximum Gasteiger partial charge on any atom is 0.413 e. The molecule has 170 valence electrons. The highest BCUT2D eigenvalue weighted by atomic mass is 79.9. The normalized spacial score (nSPS) is 10.1. The first kappa shape index (κ1) is 23.9. The van der Waals surface area contributed by atoms with E-state index in [0.717, 1.165) is 4.47 Å². The quantitative estimate of drug-likeness (QED) is 0.316. The highest BCUT2D eigenvalue weighted by Crippen LogP contribution is 2.26. The van der Waals surface area contributed by atoms with Crippen LogP contribution < -0.4 is 33.1 Å². The van der Waals surface area contributed by atoms with E-state index in [1.165, 1.54) is 7.11 Å². The lowest BCUT2D eigenvalue weighted by molar-refractivity contribution is -0.0000145. The summed E-state index contributed by atoms with van der Waals surface area (Å²) in [5.74, 6) is 1.45. The Hall–Kier alpha value is -3.76. The minimum absolute atomic E-state index is 0. The highest BCUT2D eigenvalue weighted by molar-refractivity contribution is 9.10. The summed E-state index contributed by atoms with van der Waals surface area (Å²) < 4.78 is 11.3. The van der Waals surface area contributed by atoms with Gasteiger partial charge < -0.3 is 37.5 Å². The fourth-order valence-corrected chi connectivity index (χ4v) is 3.26. The van der Waals surface area contributed by atoms with Crippen molar-refractivity contribution in [2.75, 3.05) is 23.1 Å². The first-order chi connectivity index (χ1) is 15.5. The minimum Gasteiger partial charge on any atom is -1.00 e. The maximum absolute atomic E-state index is 12.2. The Morgan fingerprint density at radius 3 is 2.36 bits per heavy atom. The number of amides is 3. The predicted octanol–water partition coefficient (Wildman–Crippen LogP) is 2.94. The summed E-state index contributed by atoms with van der Waals surface area (Å²) >= 11 is 3.37. The highest BCUT2D eigenvalue weighted by Gasteiger charge is 2.08. The molecule has 0 aliphatic heterocycles. The zero-order valence-electron chi connectivity index (χ0n) is 17.2. The standard InChI is InChI=1S/C22H18BrN5O4.ClH/c1-31-22(30)28-20-26-18-10-9-17(12-19(18)27-20)32-16-7-5-14(6-8-16)24-21(29)25-15-4-2-3-13(23)11-15;/h2-12H,1H3,(H2,24,25,29)(H2,26,27,28,30);1H/p-1. The second-order valence-electron chi connectivity index (χ2n) is 6.60. The van der Waals surface area contributed by atoms with Crippen LogP contribution in [0.4, 0.5) is 26.9 Å². The summed E-state index contributed by atoms with van der Waals surface area (Å²) in [7, 11) is 1.28. The number of hydrogen-bond acceptors (Lipinski definition) is 5. The predicted molar refractivity (Wildman–Crippen MR) is 125 cm³/mol. The largest absolute Gasteiger partial charge is 1.00 e. The molecule has 1 heterocycles. The molecule has 4 rings (SSSR count). The van der Waals surface area contributed by atoms with Crippen LogP contribution in [0, 0.1) is 0 Å². The van der Waals surface area contributed by atoms with Crippen LogP contribution >= 0.6 is 15.9 Å². The first-order valence-corrected chi connectivity index (χ1v) is 10.2. The molecule has 0 atom stereocenters. The molecule has 0 saturated heterocycles. The van der Waals surface area contributed by atoms with E-state index in [4.69, 9.17) is 4.74 Å². The van der Waals surface area contributed by atoms with Gasteiger partial charge in [-0.05, 0) is 54.6 Å². The molecule has 0 aliphatic carbocycles. The van der Waals surface area contributed by atoms with Crippen LogP contribution in [0.25, 0.3) is 11.0 Å². The fourth-order valence-electron chi connectivity index (χ4n) is 2.86. The number of halogens is 2. The smallest absolute Gasteiger partial charge is 0.413 e. The molecule has 1 aromatic heterocycles. The zero-order chi connectivity index (χ0) is 22.5. The van der Waals surface area contributed by atoms with Gasteiger partial charge >= 0.3 is 12.1 Å². The number of methoxy groups -OCH3 is 1. The van der Waals surface area contributed by atoms with Crippen LogP contribution in [0.1, 0.15) is 0 Å². The summed E-state index contributed by atoms with van der Waals surface area (Å²) in [5.41, 5.74) is 2.65. The maximum atomic E-state index is 12.2. The number of aromatic amines is 1. The number of urea groups is 1. The molecule has 0 unspecified atom stereocenters. The lowest BCUT2D eigenvalue weighted by Gasteiger charge is -2.09. The van der Waals surface area contributed by atoms with Gasteiger partial charge in [0.05, 0.1) is 18.1 Å². The van der Waals surface area contributed by atoms with Gasteiger partial charge in [-0.2, -0.15) is 0 Å². The zero-order valence-corrected chi connectivity index (χ0v) is 19.5. The third kappa shape index (κ3) is 6.37. The molecule has 0 bridgehead atoms. The number of ether oxygens (including phenoxy) is 2. The average molecular weight is 532 g/mol. The van der Waals surface area contributed by atoms with Crippen molar-refractivity contribution >= 4 is 56.4 Å². The van der Waals surface area contributed by atoms with Gasteiger partial charge in [-0.25, -0.2) is 14.6 Å². The summed E-state index contributed by atoms with van der Waals surface area (Å²) in [5, 5.41) is 8.01. The summed E-state index contributed by atoms with van der Waals surface area (Å²) in [6, 6.07) is 19.2. The van der Waals surface area contributed by atoms with E-state index in [0.29, 0.717) is 33.9 Å². The summed E-state index contributed by atoms with van der Waals surface area (Å²) in [6.45, 7) is 0. The van der Waals surface area contributed by atoms with Gasteiger partial charge in [-0.1, -0.05) is 22.0 Å². The van der Waals surface area contributed by atoms with E-state index in [2.05, 4.69) is 46.6 Å². The van der Waals surface area contributed by atoms with Crippen molar-refractivity contribution in [3.05, 3.63) is 71.2 Å². The molecule has 3 aromatic carbocycles. The molecule has 0 saturated carbocycles. The average Bonchev–Trinajstić information content (AvgIpc) is 3.16. The fraction of sp³-hybridized carbons (Fsp3) is 0.0455. The lowest BCUT2D eigenvalue weighted by atomic mass is 10.3. The van der Waals surface area contributed by atoms with Crippen LogP contribution in [-0.4, -0.2) is 29.2 Å². The van der Waals surface area contributed by atoms with Gasteiger partial charge in [-0.3, -0.25) is 5.32 Å². The van der Waals surface area contributed by atoms with E-state index >= 15 is 0 Å². The van der Waals surface area contributed by atoms with Crippen LogP contribution in [0.15, 0.2) is 71.2 Å². The minimum atomic E-state index is -0.612. The Balaban J connectivity index is 0.00000306. The number of benzene rings is 3. The molecule has 0 aliphatic rings. The molecule has 33 heavy (non-hydrogen) atoms. The van der Waals surface area contributed by atoms with Gasteiger partial charge in [0.2, 0.25) is 5.95 Å². The molecule has 11 heteroatoms. The van der Waals surface area contributed by atoms with E-state index in [1.54, 1.807) is 48.5 Å². The third-order valence-corrected chi connectivity index (χ3v) is 4.78. The van der Waals surface area contributed by atoms with Gasteiger partial charge in [0.25, 0.3) is 0 Å². The van der Waals surface area contributed by atoms with Crippen molar-refractivity contribution in [3.8, 4) is 11.5 Å². The van der Waals surface area contributed by atoms with Gasteiger partial charge in [0.15, 0.2) is 0 Å². The molecule has 0 radical (unpaired) electrons. The number of carbonyl (C=O) groups is 2. The number of hydrogen-bond donors (Lipinski definition) is 4. The molecular weight excluding hydrogens is 514 g/mol. The van der Waals surface area contributed by atoms with Crippen molar-refractivity contribution in [2.45, 2.75) is 0 Å². The van der Waals surface area contributed by atoms with Crippen LogP contribution in [0.5, 0.6) is 11.5 Å². The van der Waals surface area contributed by atoms with Gasteiger partial charge in [0, 0.05) is 21.9 Å². The number of imidazole rings is 1. The molecule has 4 aromatic rings. The van der Waals surface area contributed by atoms with Crippen LogP contribution in [-0.2, 0) is 4.74 Å². The van der Waals surface area contributed by atoms with Crippen molar-refractivity contribution in [1.82, 2.24) is 9.97 Å². The number of rotatable bonds is 5. The van der Waals surface area contributed by atoms with Crippen molar-refractivity contribution in [3.63, 3.8) is 0 Å². The Kier molecular flexibility index (Phi) is 7.75. The third-order valence-electron chi connectivity index (χ3n) is 4.29. The van der Waals surface area contributed by atoms with Crippen LogP contribution in [0.3, 0.4) is 0 Å². The number of aromatic nitrogens is 2. The van der Waals surface area contributed by atoms with Crippen LogP contribution in [0.2, 0.25) is 0 Å². The second kappa shape index (κ2) is 10.7. The Labute approximate surface area is 203 Å². The number of nitrogens with one attached hydrogen (secondary N) is 4. The second-order valence-corrected chi connectivity index (χ2v) is 7.51. The summed E-state index contributed by atoms with van der Waals surface area (Å²) in [4.78, 5) is 30.7. The van der Waals surface area contributed by atoms with E-state index < -0.39 is 6.09 Å². The van der Waals surface area contributed by atoms with Crippen molar-refractivity contribution in [1.29, 1.82) is 0 Å². The van der Waals surface area contributed by atoms with E-state index in [1.807, 2.05) is 18.2 Å². The lowest BCUT2D eigenvalue weighted by Crippen LogP contribution is -3.00. The Bertz CT molecular complexity index is 1280. The summed E-state index contributed by atoms with van der Waals surface area (Å²) in [6.07, 6.45) is -0.612. The molecule has 0 spiro atoms. The molecule has 4 N–H and O–H groups in total. The van der Waals surface area contributed by atoms with Gasteiger partial charge in [0.1, 0.15) is 11.5 Å². The number of nitrogens with zero attached hydrogens (tertiary/aromatic N) is 1. The van der Waals surface area contributed by atoms with E-state index in [-0.39, 0.29) is 24.4 Å². The monoisotopic (exact) mass is 530 g/mol. The molecule has 3 amide bonds. The topological polar surface area (TPSA) is 117 Å². The Morgan fingerprint density at radius 2 is 1.64 bits per heavy atom. The first-order valence-electron chi connectivity index (χ1n) is 9.45. The Morgan fingerprint density at radius 1 is 0.909 bits per heavy atom. The SMILES string of the molecule is COC(=O)Nc1nc2ccc(Oc3ccc(NC(=O)Nc4cccc(Br)c4)cc3)cc2[nH]1.[Cl-]. The molecule has 9 nitrogen and oxygen atoms in total. The molecular formula is C22H18BrClN5O4-. The van der Waals surface area contributed by atoms with E-state index in [9.17, 15) is 9.59 Å². The van der Waals surface area contributed by atoms with Gasteiger partial charge in [-0.15, -0.1) is 0 Å². The molecule has 0 fully saturated rings. The number of carbonyl (C=O) groups excluding carboxylic acids is 2. The number of H-pyrrole nitrogens is 1. The number of fused-ring (bicyclic) bond motifs is 1.